The number of anilines is 1. The molecule has 0 aromatic heterocycles. The zero-order valence-electron chi connectivity index (χ0n) is 13.9. The molecule has 0 spiro atoms. The van der Waals surface area contributed by atoms with Crippen LogP contribution in [0.2, 0.25) is 0 Å². The quantitative estimate of drug-likeness (QED) is 0.883. The van der Waals surface area contributed by atoms with Gasteiger partial charge in [-0.1, -0.05) is 6.07 Å². The largest absolute Gasteiger partial charge is 0.487 e. The number of piperazine rings is 1. The van der Waals surface area contributed by atoms with Gasteiger partial charge in [0.05, 0.1) is 12.2 Å². The van der Waals surface area contributed by atoms with Gasteiger partial charge in [0.25, 0.3) is 0 Å². The highest BCUT2D eigenvalue weighted by molar-refractivity contribution is 5.59. The molecule has 2 heterocycles. The van der Waals surface area contributed by atoms with Gasteiger partial charge < -0.3 is 15.0 Å². The molecule has 0 amide bonds. The van der Waals surface area contributed by atoms with Crippen LogP contribution in [0.5, 0.6) is 5.75 Å². The molecule has 0 saturated carbocycles. The Bertz CT molecular complexity index is 499. The van der Waals surface area contributed by atoms with Crippen molar-refractivity contribution in [1.82, 2.24) is 15.3 Å². The van der Waals surface area contributed by atoms with E-state index in [9.17, 15) is 0 Å². The molecule has 2 N–H and O–H groups in total. The maximum atomic E-state index is 5.83. The van der Waals surface area contributed by atoms with E-state index in [-0.39, 0.29) is 6.10 Å². The maximum absolute atomic E-state index is 5.83. The molecule has 3 rings (SSSR count). The highest BCUT2D eigenvalue weighted by atomic mass is 16.5. The lowest BCUT2D eigenvalue weighted by Crippen LogP contribution is -2.53. The lowest BCUT2D eigenvalue weighted by Gasteiger charge is -2.34. The first kappa shape index (κ1) is 15.6. The predicted octanol–water partition coefficient (Wildman–Crippen LogP) is 1.56. The Kier molecular flexibility index (Phi) is 4.86. The second-order valence-corrected chi connectivity index (χ2v) is 6.66. The van der Waals surface area contributed by atoms with Crippen LogP contribution >= 0.6 is 0 Å². The smallest absolute Gasteiger partial charge is 0.142 e. The third-order valence-corrected chi connectivity index (χ3v) is 4.40. The van der Waals surface area contributed by atoms with Crippen LogP contribution in [0, 0.1) is 0 Å². The topological polar surface area (TPSA) is 39.8 Å². The molecule has 0 aliphatic carbocycles. The highest BCUT2D eigenvalue weighted by Crippen LogP contribution is 2.30. The molecular weight excluding hydrogens is 276 g/mol. The first-order valence-corrected chi connectivity index (χ1v) is 8.33. The fraction of sp³-hybridized carbons (Fsp3) is 0.647. The first-order valence-electron chi connectivity index (χ1n) is 8.33. The number of benzene rings is 1. The zero-order valence-corrected chi connectivity index (χ0v) is 13.9. The fourth-order valence-electron chi connectivity index (χ4n) is 3.10. The van der Waals surface area contributed by atoms with Crippen molar-refractivity contribution >= 4 is 5.69 Å². The molecule has 1 saturated heterocycles. The van der Waals surface area contributed by atoms with Crippen LogP contribution in [-0.2, 0) is 6.42 Å². The summed E-state index contributed by atoms with van der Waals surface area (Å²) in [4.78, 5) is 2.37. The average Bonchev–Trinajstić information content (AvgIpc) is 2.50. The van der Waals surface area contributed by atoms with Crippen LogP contribution in [0.4, 0.5) is 5.69 Å². The number of nitrogens with zero attached hydrogens (tertiary/aromatic N) is 2. The van der Waals surface area contributed by atoms with Crippen molar-refractivity contribution in [3.63, 3.8) is 0 Å². The van der Waals surface area contributed by atoms with Crippen molar-refractivity contribution in [2.45, 2.75) is 32.4 Å². The van der Waals surface area contributed by atoms with Gasteiger partial charge in [-0.2, -0.15) is 0 Å². The summed E-state index contributed by atoms with van der Waals surface area (Å²) in [6.45, 7) is 9.69. The number of nitrogens with one attached hydrogen (secondary N) is 2. The van der Waals surface area contributed by atoms with Gasteiger partial charge >= 0.3 is 0 Å². The molecule has 2 unspecified atom stereocenters. The van der Waals surface area contributed by atoms with E-state index in [1.807, 2.05) is 0 Å². The van der Waals surface area contributed by atoms with Crippen molar-refractivity contribution in [1.29, 1.82) is 0 Å². The van der Waals surface area contributed by atoms with Crippen molar-refractivity contribution in [3.8, 4) is 5.75 Å². The monoisotopic (exact) mass is 304 g/mol. The summed E-state index contributed by atoms with van der Waals surface area (Å²) in [5, 5.41) is 5.80. The summed E-state index contributed by atoms with van der Waals surface area (Å²) >= 11 is 0. The van der Waals surface area contributed by atoms with E-state index < -0.39 is 0 Å². The predicted molar refractivity (Wildman–Crippen MR) is 90.4 cm³/mol. The van der Waals surface area contributed by atoms with Crippen molar-refractivity contribution in [2.75, 3.05) is 45.1 Å². The Labute approximate surface area is 133 Å². The minimum atomic E-state index is 0.246. The van der Waals surface area contributed by atoms with Crippen LogP contribution in [0.3, 0.4) is 0 Å². The molecule has 1 fully saturated rings. The molecule has 5 heteroatoms. The number of fused-ring (bicyclic) bond motifs is 1. The lowest BCUT2D eigenvalue weighted by atomic mass is 10.1. The molecule has 122 valence electrons. The minimum Gasteiger partial charge on any atom is -0.487 e. The highest BCUT2D eigenvalue weighted by Gasteiger charge is 2.18. The van der Waals surface area contributed by atoms with E-state index in [4.69, 9.17) is 4.74 Å². The molecule has 2 aliphatic heterocycles. The fourth-order valence-corrected chi connectivity index (χ4v) is 3.10. The number of ether oxygens (including phenoxy) is 1. The molecule has 22 heavy (non-hydrogen) atoms. The van der Waals surface area contributed by atoms with Gasteiger partial charge in [0.1, 0.15) is 11.9 Å². The summed E-state index contributed by atoms with van der Waals surface area (Å²) in [5.74, 6) is 0.974. The molecule has 2 aliphatic rings. The molecule has 1 aromatic carbocycles. The average molecular weight is 304 g/mol. The lowest BCUT2D eigenvalue weighted by molar-refractivity contribution is 0.0899. The van der Waals surface area contributed by atoms with E-state index >= 15 is 0 Å². The Hall–Kier alpha value is -1.30. The van der Waals surface area contributed by atoms with Gasteiger partial charge in [0.2, 0.25) is 0 Å². The summed E-state index contributed by atoms with van der Waals surface area (Å²) in [5.41, 5.74) is 6.10. The van der Waals surface area contributed by atoms with Crippen molar-refractivity contribution in [2.24, 2.45) is 0 Å². The molecular formula is C17H28N4O. The Balaban J connectivity index is 1.54. The van der Waals surface area contributed by atoms with E-state index in [0.29, 0.717) is 6.04 Å². The first-order chi connectivity index (χ1) is 10.6. The van der Waals surface area contributed by atoms with Crippen LogP contribution < -0.4 is 15.5 Å². The minimum absolute atomic E-state index is 0.246. The Morgan fingerprint density at radius 2 is 2.09 bits per heavy atom. The summed E-state index contributed by atoms with van der Waals surface area (Å²) in [6, 6.07) is 6.94. The van der Waals surface area contributed by atoms with Crippen LogP contribution in [0.15, 0.2) is 18.2 Å². The van der Waals surface area contributed by atoms with Gasteiger partial charge in [0.15, 0.2) is 0 Å². The zero-order chi connectivity index (χ0) is 15.5. The maximum Gasteiger partial charge on any atom is 0.142 e. The molecule has 2 atom stereocenters. The van der Waals surface area contributed by atoms with E-state index in [1.54, 1.807) is 0 Å². The summed E-state index contributed by atoms with van der Waals surface area (Å²) < 4.78 is 5.83. The third kappa shape index (κ3) is 3.91. The summed E-state index contributed by atoms with van der Waals surface area (Å²) in [6.07, 6.45) is 1.27. The van der Waals surface area contributed by atoms with E-state index in [1.165, 1.54) is 5.56 Å². The molecule has 1 aromatic rings. The van der Waals surface area contributed by atoms with Gasteiger partial charge in [-0.25, -0.2) is 5.01 Å². The molecule has 0 radical (unpaired) electrons. The van der Waals surface area contributed by atoms with E-state index in [2.05, 4.69) is 59.7 Å². The van der Waals surface area contributed by atoms with Crippen LogP contribution in [0.1, 0.15) is 19.4 Å². The SMILES string of the molecule is CC(Cc1ccc2c(c1)NCC(C)O2)NN1CCN(C)CC1. The number of hydrazine groups is 1. The van der Waals surface area contributed by atoms with Crippen LogP contribution in [-0.4, -0.2) is 61.8 Å². The van der Waals surface area contributed by atoms with Gasteiger partial charge in [-0.3, -0.25) is 5.43 Å². The standard InChI is InChI=1S/C17H28N4O/c1-13(19-21-8-6-20(3)7-9-21)10-15-4-5-17-16(11-15)18-12-14(2)22-17/h4-5,11,13-14,18-19H,6-10,12H2,1-3H3. The van der Waals surface area contributed by atoms with Crippen LogP contribution in [0.25, 0.3) is 0 Å². The summed E-state index contributed by atoms with van der Waals surface area (Å²) in [7, 11) is 2.18. The number of likely N-dealkylation sites (N-methyl/N-ethyl adjacent to an activating group) is 1. The number of rotatable bonds is 4. The van der Waals surface area contributed by atoms with Crippen molar-refractivity contribution < 1.29 is 4.74 Å². The normalized spacial score (nSPS) is 24.2. The Morgan fingerprint density at radius 3 is 2.86 bits per heavy atom. The van der Waals surface area contributed by atoms with E-state index in [0.717, 1.165) is 50.6 Å². The number of hydrogen-bond acceptors (Lipinski definition) is 5. The van der Waals surface area contributed by atoms with Crippen molar-refractivity contribution in [3.05, 3.63) is 23.8 Å². The van der Waals surface area contributed by atoms with Gasteiger partial charge in [0, 0.05) is 32.2 Å². The Morgan fingerprint density at radius 1 is 1.32 bits per heavy atom. The number of hydrogen-bond donors (Lipinski definition) is 2. The van der Waals surface area contributed by atoms with Gasteiger partial charge in [-0.05, 0) is 45.0 Å². The second kappa shape index (κ2) is 6.86. The molecule has 0 bridgehead atoms. The third-order valence-electron chi connectivity index (χ3n) is 4.40. The van der Waals surface area contributed by atoms with Gasteiger partial charge in [-0.15, -0.1) is 0 Å². The second-order valence-electron chi connectivity index (χ2n) is 6.66. The molecule has 5 nitrogen and oxygen atoms in total.